The molecular formula is C5H7N3O3. The first-order valence-electron chi connectivity index (χ1n) is 3.01. The van der Waals surface area contributed by atoms with Gasteiger partial charge in [0.15, 0.2) is 0 Å². The first-order valence-corrected chi connectivity index (χ1v) is 3.01. The molecule has 0 radical (unpaired) electrons. The molecular weight excluding hydrogens is 150 g/mol. The third-order valence-corrected chi connectivity index (χ3v) is 0.922. The van der Waals surface area contributed by atoms with Crippen molar-refractivity contribution in [3.8, 4) is 0 Å². The summed E-state index contributed by atoms with van der Waals surface area (Å²) >= 11 is 0. The van der Waals surface area contributed by atoms with Gasteiger partial charge in [0.05, 0.1) is 11.3 Å². The minimum absolute atomic E-state index is 0.182. The van der Waals surface area contributed by atoms with E-state index in [4.69, 9.17) is 5.73 Å². The van der Waals surface area contributed by atoms with Crippen molar-refractivity contribution in [1.29, 1.82) is 0 Å². The quantitative estimate of drug-likeness (QED) is 0.560. The van der Waals surface area contributed by atoms with Crippen LogP contribution in [0.2, 0.25) is 0 Å². The van der Waals surface area contributed by atoms with Gasteiger partial charge in [0.2, 0.25) is 11.5 Å². The van der Waals surface area contributed by atoms with E-state index in [0.29, 0.717) is 0 Å². The summed E-state index contributed by atoms with van der Waals surface area (Å²) in [4.78, 5) is 10.8. The summed E-state index contributed by atoms with van der Waals surface area (Å²) in [7, 11) is 0. The van der Waals surface area contributed by atoms with E-state index in [1.54, 1.807) is 6.92 Å². The van der Waals surface area contributed by atoms with Crippen LogP contribution in [0, 0.1) is 0 Å². The lowest BCUT2D eigenvalue weighted by atomic mass is 10.8. The van der Waals surface area contributed by atoms with Crippen molar-refractivity contribution in [3.05, 3.63) is 11.9 Å². The summed E-state index contributed by atoms with van der Waals surface area (Å²) in [6.45, 7) is 1.95. The molecule has 60 valence electrons. The fourth-order valence-corrected chi connectivity index (χ4v) is 0.522. The summed E-state index contributed by atoms with van der Waals surface area (Å²) < 4.78 is 9.70. The molecule has 6 nitrogen and oxygen atoms in total. The molecule has 0 fully saturated rings. The highest BCUT2D eigenvalue weighted by Crippen LogP contribution is 2.00. The van der Waals surface area contributed by atoms with E-state index < -0.39 is 6.09 Å². The number of carbonyl (C=O) groups excluding carboxylic acids is 1. The maximum atomic E-state index is 10.8. The smallest absolute Gasteiger partial charge is 0.631 e. The number of ether oxygens (including phenoxy) is 1. The van der Waals surface area contributed by atoms with Gasteiger partial charge >= 0.3 is 6.09 Å². The number of hydrogen-bond acceptors (Lipinski definition) is 4. The minimum atomic E-state index is -0.644. The largest absolute Gasteiger partial charge is 0.660 e. The van der Waals surface area contributed by atoms with Crippen LogP contribution in [-0.4, -0.2) is 18.0 Å². The molecule has 0 aliphatic carbocycles. The number of aromatic nitrogens is 2. The second-order valence-corrected chi connectivity index (χ2v) is 1.71. The topological polar surface area (TPSA) is 80.0 Å². The third-order valence-electron chi connectivity index (χ3n) is 0.922. The van der Waals surface area contributed by atoms with E-state index in [-0.39, 0.29) is 12.5 Å². The molecule has 0 aliphatic rings. The van der Waals surface area contributed by atoms with E-state index in [2.05, 4.69) is 14.5 Å². The molecule has 11 heavy (non-hydrogen) atoms. The van der Waals surface area contributed by atoms with Crippen LogP contribution < -0.4 is 4.68 Å². The van der Waals surface area contributed by atoms with Crippen LogP contribution in [0.5, 0.6) is 0 Å². The molecule has 1 N–H and O–H groups in total. The van der Waals surface area contributed by atoms with E-state index in [9.17, 15) is 4.79 Å². The molecule has 6 heteroatoms. The van der Waals surface area contributed by atoms with Crippen molar-refractivity contribution in [2.45, 2.75) is 6.92 Å². The summed E-state index contributed by atoms with van der Waals surface area (Å²) in [6.07, 6.45) is 0.479. The molecule has 0 aromatic carbocycles. The molecule has 0 amide bonds. The number of hydrogen-bond donors (Lipinski definition) is 0. The van der Waals surface area contributed by atoms with Crippen molar-refractivity contribution < 1.29 is 18.7 Å². The van der Waals surface area contributed by atoms with Gasteiger partial charge < -0.3 is 15.0 Å². The summed E-state index contributed by atoms with van der Waals surface area (Å²) in [5, 5.41) is 3.21. The Kier molecular flexibility index (Phi) is 2.05. The summed E-state index contributed by atoms with van der Waals surface area (Å²) in [5.41, 5.74) is 6.88. The van der Waals surface area contributed by atoms with Gasteiger partial charge in [-0.2, -0.15) is 4.79 Å². The zero-order valence-corrected chi connectivity index (χ0v) is 5.90. The maximum absolute atomic E-state index is 10.8. The number of carbonyl (C=O) groups is 1. The predicted octanol–water partition coefficient (Wildman–Crippen LogP) is 0.650. The molecule has 1 aromatic heterocycles. The molecule has 0 unspecified atom stereocenters. The minimum Gasteiger partial charge on any atom is -0.660 e. The van der Waals surface area contributed by atoms with Crippen molar-refractivity contribution in [3.63, 3.8) is 0 Å². The van der Waals surface area contributed by atoms with Gasteiger partial charge in [-0.05, 0) is 6.92 Å². The number of nitrogens with one attached hydrogen (secondary N) is 1. The first kappa shape index (κ1) is 7.52. The van der Waals surface area contributed by atoms with Crippen molar-refractivity contribution in [2.75, 3.05) is 6.61 Å². The molecule has 0 saturated carbocycles. The Morgan fingerprint density at radius 1 is 2.00 bits per heavy atom. The molecule has 1 rings (SSSR count). The van der Waals surface area contributed by atoms with Crippen LogP contribution in [0.4, 0.5) is 10.7 Å². The number of nitrogens with zero attached hydrogens (tertiary/aromatic N) is 2. The Morgan fingerprint density at radius 2 is 2.73 bits per heavy atom. The summed E-state index contributed by atoms with van der Waals surface area (Å²) in [6, 6.07) is 0. The Balaban J connectivity index is 2.69. The predicted molar refractivity (Wildman–Crippen MR) is 33.1 cm³/mol. The standard InChI is InChI=1S/C5H7N3O3/c1-2-10-5(9)8-3-4(6)11-7-8/h3H,2H2,1H3,(H-,6,7). The highest BCUT2D eigenvalue weighted by atomic mass is 16.6. The Hall–Kier alpha value is -1.59. The first-order chi connectivity index (χ1) is 5.24. The third kappa shape index (κ3) is 1.66. The molecule has 1 aromatic rings. The molecule has 0 spiro atoms. The van der Waals surface area contributed by atoms with Crippen LogP contribution in [0.3, 0.4) is 0 Å². The lowest BCUT2D eigenvalue weighted by Gasteiger charge is -1.86. The maximum Gasteiger partial charge on any atom is 0.631 e. The van der Waals surface area contributed by atoms with E-state index in [1.807, 2.05) is 0 Å². The monoisotopic (exact) mass is 157 g/mol. The lowest BCUT2D eigenvalue weighted by molar-refractivity contribution is -0.658. The zero-order chi connectivity index (χ0) is 8.27. The second kappa shape index (κ2) is 3.00. The van der Waals surface area contributed by atoms with Crippen LogP contribution in [-0.2, 0) is 4.74 Å². The van der Waals surface area contributed by atoms with Gasteiger partial charge in [-0.15, -0.1) is 0 Å². The average Bonchev–Trinajstić information content (AvgIpc) is 2.36. The highest BCUT2D eigenvalue weighted by molar-refractivity contribution is 5.56. The fraction of sp³-hybridized carbons (Fsp3) is 0.400. The van der Waals surface area contributed by atoms with Crippen molar-refractivity contribution in [2.24, 2.45) is 0 Å². The zero-order valence-electron chi connectivity index (χ0n) is 5.90. The second-order valence-electron chi connectivity index (χ2n) is 1.71. The molecule has 0 atom stereocenters. The van der Waals surface area contributed by atoms with Gasteiger partial charge in [-0.3, -0.25) is 0 Å². The van der Waals surface area contributed by atoms with E-state index in [0.717, 1.165) is 10.9 Å². The van der Waals surface area contributed by atoms with Crippen LogP contribution in [0.15, 0.2) is 10.7 Å². The molecule has 0 saturated heterocycles. The molecule has 0 bridgehead atoms. The van der Waals surface area contributed by atoms with Crippen molar-refractivity contribution >= 4 is 12.0 Å². The Bertz CT molecular complexity index is 257. The molecule has 0 aliphatic heterocycles. The van der Waals surface area contributed by atoms with E-state index in [1.165, 1.54) is 0 Å². The molecule has 1 heterocycles. The lowest BCUT2D eigenvalue weighted by Crippen LogP contribution is -2.44. The fourth-order valence-electron chi connectivity index (χ4n) is 0.522. The van der Waals surface area contributed by atoms with E-state index >= 15 is 0 Å². The normalized spacial score (nSPS) is 9.55. The van der Waals surface area contributed by atoms with Crippen LogP contribution in [0.25, 0.3) is 5.73 Å². The van der Waals surface area contributed by atoms with Crippen molar-refractivity contribution in [1.82, 2.24) is 5.27 Å². The SMILES string of the molecule is CCOC(=O)[n+]1cc([NH-])on1. The van der Waals surface area contributed by atoms with Gasteiger partial charge in [-0.1, -0.05) is 0 Å². The Labute approximate surface area is 62.5 Å². The summed E-state index contributed by atoms with van der Waals surface area (Å²) in [5.74, 6) is -0.182. The van der Waals surface area contributed by atoms with Crippen LogP contribution in [0.1, 0.15) is 6.92 Å². The highest BCUT2D eigenvalue weighted by Gasteiger charge is 2.19. The van der Waals surface area contributed by atoms with Gasteiger partial charge in [0.1, 0.15) is 5.88 Å². The van der Waals surface area contributed by atoms with Gasteiger partial charge in [-0.25, -0.2) is 0 Å². The van der Waals surface area contributed by atoms with Gasteiger partial charge in [0.25, 0.3) is 0 Å². The Morgan fingerprint density at radius 3 is 3.18 bits per heavy atom. The van der Waals surface area contributed by atoms with Gasteiger partial charge in [0, 0.05) is 0 Å². The average molecular weight is 157 g/mol. The number of rotatable bonds is 1. The van der Waals surface area contributed by atoms with Crippen LogP contribution >= 0.6 is 0 Å².